The molecular formula is C10H13Cl2FN2O. The number of rotatable bonds is 4. The van der Waals surface area contributed by atoms with Gasteiger partial charge in [-0.15, -0.1) is 12.4 Å². The predicted molar refractivity (Wildman–Crippen MR) is 64.9 cm³/mol. The molecule has 1 rings (SSSR count). The Morgan fingerprint density at radius 3 is 2.69 bits per heavy atom. The molecule has 0 heterocycles. The van der Waals surface area contributed by atoms with Crippen molar-refractivity contribution < 1.29 is 9.18 Å². The minimum Gasteiger partial charge on any atom is -0.351 e. The zero-order valence-corrected chi connectivity index (χ0v) is 10.3. The van der Waals surface area contributed by atoms with Crippen molar-refractivity contribution in [2.45, 2.75) is 0 Å². The van der Waals surface area contributed by atoms with Crippen LogP contribution in [0.5, 0.6) is 0 Å². The Bertz CT molecular complexity index is 361. The van der Waals surface area contributed by atoms with Crippen LogP contribution < -0.4 is 10.6 Å². The molecule has 1 aromatic rings. The summed E-state index contributed by atoms with van der Waals surface area (Å²) < 4.78 is 13.0. The van der Waals surface area contributed by atoms with E-state index in [-0.39, 0.29) is 28.9 Å². The number of hydrogen-bond acceptors (Lipinski definition) is 2. The minimum atomic E-state index is -0.585. The lowest BCUT2D eigenvalue weighted by molar-refractivity contribution is 0.0953. The van der Waals surface area contributed by atoms with E-state index in [1.807, 2.05) is 0 Å². The first-order valence-corrected chi connectivity index (χ1v) is 4.91. The molecule has 0 aliphatic rings. The SMILES string of the molecule is CNCCNC(=O)c1ccc(Cl)c(F)c1.Cl. The Balaban J connectivity index is 0.00000225. The molecule has 0 aliphatic carbocycles. The third kappa shape index (κ3) is 4.35. The fraction of sp³-hybridized carbons (Fsp3) is 0.300. The highest BCUT2D eigenvalue weighted by molar-refractivity contribution is 6.30. The Morgan fingerprint density at radius 2 is 2.12 bits per heavy atom. The first-order valence-electron chi connectivity index (χ1n) is 4.53. The summed E-state index contributed by atoms with van der Waals surface area (Å²) in [4.78, 5) is 11.4. The van der Waals surface area contributed by atoms with Crippen LogP contribution >= 0.6 is 24.0 Å². The van der Waals surface area contributed by atoms with Gasteiger partial charge in [-0.05, 0) is 25.2 Å². The second-order valence-corrected chi connectivity index (χ2v) is 3.40. The van der Waals surface area contributed by atoms with Gasteiger partial charge in [0.2, 0.25) is 0 Å². The molecule has 1 amide bonds. The summed E-state index contributed by atoms with van der Waals surface area (Å²) in [6.07, 6.45) is 0. The van der Waals surface area contributed by atoms with Crippen LogP contribution in [0.3, 0.4) is 0 Å². The Kier molecular flexibility index (Phi) is 7.05. The standard InChI is InChI=1S/C10H12ClFN2O.ClH/c1-13-4-5-14-10(15)7-2-3-8(11)9(12)6-7;/h2-3,6,13H,4-5H2,1H3,(H,14,15);1H. The van der Waals surface area contributed by atoms with Gasteiger partial charge in [0.1, 0.15) is 5.82 Å². The summed E-state index contributed by atoms with van der Waals surface area (Å²) in [7, 11) is 1.79. The maximum Gasteiger partial charge on any atom is 0.251 e. The summed E-state index contributed by atoms with van der Waals surface area (Å²) in [6.45, 7) is 1.17. The maximum atomic E-state index is 13.0. The number of nitrogens with one attached hydrogen (secondary N) is 2. The molecule has 0 bridgehead atoms. The molecule has 0 saturated heterocycles. The van der Waals surface area contributed by atoms with Crippen molar-refractivity contribution in [1.82, 2.24) is 10.6 Å². The number of benzene rings is 1. The second kappa shape index (κ2) is 7.44. The molecule has 0 aliphatic heterocycles. The van der Waals surface area contributed by atoms with Gasteiger partial charge in [0.05, 0.1) is 5.02 Å². The molecule has 0 atom stereocenters. The first kappa shape index (κ1) is 15.2. The van der Waals surface area contributed by atoms with Gasteiger partial charge in [-0.2, -0.15) is 0 Å². The number of carbonyl (C=O) groups excluding carboxylic acids is 1. The van der Waals surface area contributed by atoms with Gasteiger partial charge in [-0.25, -0.2) is 4.39 Å². The number of halogens is 3. The molecule has 0 saturated carbocycles. The van der Waals surface area contributed by atoms with Crippen LogP contribution in [0.2, 0.25) is 5.02 Å². The van der Waals surface area contributed by atoms with Crippen molar-refractivity contribution in [3.05, 3.63) is 34.6 Å². The average molecular weight is 267 g/mol. The Labute approximate surface area is 105 Å². The monoisotopic (exact) mass is 266 g/mol. The van der Waals surface area contributed by atoms with Crippen LogP contribution in [0.4, 0.5) is 4.39 Å². The van der Waals surface area contributed by atoms with E-state index in [4.69, 9.17) is 11.6 Å². The molecule has 0 fully saturated rings. The molecule has 0 spiro atoms. The molecule has 0 unspecified atom stereocenters. The molecule has 0 aromatic heterocycles. The third-order valence-corrected chi connectivity index (χ3v) is 2.15. The topological polar surface area (TPSA) is 41.1 Å². The first-order chi connectivity index (χ1) is 7.15. The van der Waals surface area contributed by atoms with E-state index in [0.717, 1.165) is 6.07 Å². The fourth-order valence-corrected chi connectivity index (χ4v) is 1.16. The molecule has 3 nitrogen and oxygen atoms in total. The van der Waals surface area contributed by atoms with Crippen molar-refractivity contribution >= 4 is 29.9 Å². The molecule has 90 valence electrons. The van der Waals surface area contributed by atoms with E-state index in [9.17, 15) is 9.18 Å². The molecule has 6 heteroatoms. The van der Waals surface area contributed by atoms with Gasteiger partial charge in [0.15, 0.2) is 0 Å². The lowest BCUT2D eigenvalue weighted by atomic mass is 10.2. The number of carbonyl (C=O) groups is 1. The Hall–Kier alpha value is -0.840. The molecule has 0 radical (unpaired) electrons. The van der Waals surface area contributed by atoms with E-state index in [0.29, 0.717) is 13.1 Å². The molecule has 1 aromatic carbocycles. The van der Waals surface area contributed by atoms with Crippen LogP contribution in [0.15, 0.2) is 18.2 Å². The van der Waals surface area contributed by atoms with Crippen molar-refractivity contribution in [3.8, 4) is 0 Å². The predicted octanol–water partition coefficient (Wildman–Crippen LogP) is 1.85. The summed E-state index contributed by atoms with van der Waals surface area (Å²) in [6, 6.07) is 3.97. The van der Waals surface area contributed by atoms with Gasteiger partial charge in [-0.3, -0.25) is 4.79 Å². The number of amides is 1. The fourth-order valence-electron chi connectivity index (χ4n) is 1.04. The molecule has 16 heavy (non-hydrogen) atoms. The van der Waals surface area contributed by atoms with E-state index < -0.39 is 5.82 Å². The van der Waals surface area contributed by atoms with Gasteiger partial charge in [0, 0.05) is 18.7 Å². The molecule has 2 N–H and O–H groups in total. The average Bonchev–Trinajstić information content (AvgIpc) is 2.22. The van der Waals surface area contributed by atoms with Gasteiger partial charge in [0.25, 0.3) is 5.91 Å². The highest BCUT2D eigenvalue weighted by Gasteiger charge is 2.07. The van der Waals surface area contributed by atoms with E-state index in [2.05, 4.69) is 10.6 Å². The third-order valence-electron chi connectivity index (χ3n) is 1.84. The van der Waals surface area contributed by atoms with Crippen molar-refractivity contribution in [1.29, 1.82) is 0 Å². The van der Waals surface area contributed by atoms with Gasteiger partial charge >= 0.3 is 0 Å². The molecular weight excluding hydrogens is 254 g/mol. The quantitative estimate of drug-likeness (QED) is 0.817. The Morgan fingerprint density at radius 1 is 1.44 bits per heavy atom. The highest BCUT2D eigenvalue weighted by atomic mass is 35.5. The second-order valence-electron chi connectivity index (χ2n) is 2.99. The van der Waals surface area contributed by atoms with Crippen LogP contribution in [-0.4, -0.2) is 26.0 Å². The lowest BCUT2D eigenvalue weighted by Crippen LogP contribution is -2.30. The summed E-state index contributed by atoms with van der Waals surface area (Å²) in [5, 5.41) is 5.54. The zero-order valence-electron chi connectivity index (χ0n) is 8.72. The van der Waals surface area contributed by atoms with E-state index in [1.54, 1.807) is 7.05 Å². The smallest absolute Gasteiger partial charge is 0.251 e. The van der Waals surface area contributed by atoms with Gasteiger partial charge < -0.3 is 10.6 Å². The summed E-state index contributed by atoms with van der Waals surface area (Å²) >= 11 is 5.50. The van der Waals surface area contributed by atoms with Crippen LogP contribution in [0, 0.1) is 5.82 Å². The lowest BCUT2D eigenvalue weighted by Gasteiger charge is -2.04. The summed E-state index contributed by atoms with van der Waals surface area (Å²) in [5.41, 5.74) is 0.271. The normalized spacial score (nSPS) is 9.44. The van der Waals surface area contributed by atoms with Gasteiger partial charge in [-0.1, -0.05) is 11.6 Å². The largest absolute Gasteiger partial charge is 0.351 e. The van der Waals surface area contributed by atoms with E-state index in [1.165, 1.54) is 12.1 Å². The van der Waals surface area contributed by atoms with E-state index >= 15 is 0 Å². The summed E-state index contributed by atoms with van der Waals surface area (Å²) in [5.74, 6) is -0.890. The zero-order chi connectivity index (χ0) is 11.3. The van der Waals surface area contributed by atoms with Crippen molar-refractivity contribution in [2.75, 3.05) is 20.1 Å². The van der Waals surface area contributed by atoms with Crippen LogP contribution in [0.25, 0.3) is 0 Å². The highest BCUT2D eigenvalue weighted by Crippen LogP contribution is 2.15. The minimum absolute atomic E-state index is 0. The van der Waals surface area contributed by atoms with Crippen LogP contribution in [-0.2, 0) is 0 Å². The number of hydrogen-bond donors (Lipinski definition) is 2. The van der Waals surface area contributed by atoms with Crippen molar-refractivity contribution in [2.24, 2.45) is 0 Å². The number of likely N-dealkylation sites (N-methyl/N-ethyl adjacent to an activating group) is 1. The van der Waals surface area contributed by atoms with Crippen molar-refractivity contribution in [3.63, 3.8) is 0 Å². The van der Waals surface area contributed by atoms with Crippen LogP contribution in [0.1, 0.15) is 10.4 Å². The maximum absolute atomic E-state index is 13.0.